The molecule has 1 aliphatic heterocycles. The first-order chi connectivity index (χ1) is 9.25. The lowest BCUT2D eigenvalue weighted by Crippen LogP contribution is -2.56. The molecule has 2 fully saturated rings. The summed E-state index contributed by atoms with van der Waals surface area (Å²) in [5, 5.41) is 12.7. The third kappa shape index (κ3) is 2.58. The molecule has 8 nitrogen and oxygen atoms in total. The van der Waals surface area contributed by atoms with Crippen molar-refractivity contribution in [1.29, 1.82) is 0 Å². The third-order valence-electron chi connectivity index (χ3n) is 3.25. The summed E-state index contributed by atoms with van der Waals surface area (Å²) in [7, 11) is 0. The van der Waals surface area contributed by atoms with Crippen LogP contribution in [0.2, 0.25) is 0 Å². The SMILES string of the molecule is O=C(NC1CC1)C1COCCN1C(=O)c1cn[nH]n1. The second kappa shape index (κ2) is 4.96. The molecule has 0 aromatic carbocycles. The summed E-state index contributed by atoms with van der Waals surface area (Å²) < 4.78 is 5.30. The Morgan fingerprint density at radius 1 is 1.47 bits per heavy atom. The van der Waals surface area contributed by atoms with Crippen LogP contribution < -0.4 is 5.32 Å². The minimum Gasteiger partial charge on any atom is -0.377 e. The molecule has 2 aliphatic rings. The number of aromatic nitrogens is 3. The molecule has 19 heavy (non-hydrogen) atoms. The highest BCUT2D eigenvalue weighted by molar-refractivity contribution is 5.96. The number of carbonyl (C=O) groups is 2. The number of rotatable bonds is 3. The molecule has 2 heterocycles. The summed E-state index contributed by atoms with van der Waals surface area (Å²) in [6, 6.07) is -0.322. The zero-order valence-electron chi connectivity index (χ0n) is 10.3. The molecule has 1 saturated carbocycles. The Morgan fingerprint density at radius 2 is 2.32 bits per heavy atom. The van der Waals surface area contributed by atoms with E-state index in [0.717, 1.165) is 12.8 Å². The number of morpholine rings is 1. The molecule has 1 aliphatic carbocycles. The smallest absolute Gasteiger partial charge is 0.276 e. The van der Waals surface area contributed by atoms with Crippen LogP contribution >= 0.6 is 0 Å². The van der Waals surface area contributed by atoms with Crippen molar-refractivity contribution in [3.05, 3.63) is 11.9 Å². The van der Waals surface area contributed by atoms with E-state index in [1.54, 1.807) is 0 Å². The molecular formula is C11H15N5O3. The molecule has 0 radical (unpaired) electrons. The number of nitrogens with zero attached hydrogens (tertiary/aromatic N) is 3. The van der Waals surface area contributed by atoms with Gasteiger partial charge in [0, 0.05) is 12.6 Å². The van der Waals surface area contributed by atoms with E-state index in [0.29, 0.717) is 13.2 Å². The lowest BCUT2D eigenvalue weighted by atomic mass is 10.2. The van der Waals surface area contributed by atoms with Gasteiger partial charge in [-0.05, 0) is 12.8 Å². The van der Waals surface area contributed by atoms with E-state index in [9.17, 15) is 9.59 Å². The Bertz CT molecular complexity index is 471. The summed E-state index contributed by atoms with van der Waals surface area (Å²) in [6.45, 7) is 1.04. The van der Waals surface area contributed by atoms with Crippen molar-refractivity contribution in [2.24, 2.45) is 0 Å². The van der Waals surface area contributed by atoms with Crippen LogP contribution in [0.1, 0.15) is 23.3 Å². The Labute approximate surface area is 109 Å². The number of ether oxygens (including phenoxy) is 1. The van der Waals surface area contributed by atoms with Crippen LogP contribution in [-0.2, 0) is 9.53 Å². The highest BCUT2D eigenvalue weighted by Gasteiger charge is 2.36. The number of hydrogen-bond donors (Lipinski definition) is 2. The van der Waals surface area contributed by atoms with Gasteiger partial charge in [-0.15, -0.1) is 0 Å². The normalized spacial score (nSPS) is 23.2. The molecule has 1 aromatic rings. The zero-order chi connectivity index (χ0) is 13.2. The fourth-order valence-corrected chi connectivity index (χ4v) is 2.04. The maximum Gasteiger partial charge on any atom is 0.276 e. The average molecular weight is 265 g/mol. The van der Waals surface area contributed by atoms with Gasteiger partial charge in [0.2, 0.25) is 5.91 Å². The second-order valence-electron chi connectivity index (χ2n) is 4.73. The standard InChI is InChI=1S/C11H15N5O3/c17-10(13-7-1-2-7)9-6-19-4-3-16(9)11(18)8-5-12-15-14-8/h5,7,9H,1-4,6H2,(H,13,17)(H,12,14,15). The first kappa shape index (κ1) is 12.1. The summed E-state index contributed by atoms with van der Waals surface area (Å²) in [4.78, 5) is 25.8. The summed E-state index contributed by atoms with van der Waals surface area (Å²) in [5.74, 6) is -0.452. The number of nitrogens with one attached hydrogen (secondary N) is 2. The Hall–Kier alpha value is -1.96. The van der Waals surface area contributed by atoms with Crippen LogP contribution in [0.15, 0.2) is 6.20 Å². The molecule has 1 unspecified atom stereocenters. The van der Waals surface area contributed by atoms with Crippen molar-refractivity contribution in [2.75, 3.05) is 19.8 Å². The topological polar surface area (TPSA) is 100 Å². The van der Waals surface area contributed by atoms with Crippen molar-refractivity contribution in [2.45, 2.75) is 24.9 Å². The van der Waals surface area contributed by atoms with Gasteiger partial charge >= 0.3 is 0 Å². The number of hydrogen-bond acceptors (Lipinski definition) is 5. The fraction of sp³-hybridized carbons (Fsp3) is 0.636. The van der Waals surface area contributed by atoms with E-state index in [1.165, 1.54) is 11.1 Å². The predicted molar refractivity (Wildman–Crippen MR) is 63.2 cm³/mol. The lowest BCUT2D eigenvalue weighted by molar-refractivity contribution is -0.130. The quantitative estimate of drug-likeness (QED) is 0.724. The third-order valence-corrected chi connectivity index (χ3v) is 3.25. The second-order valence-corrected chi connectivity index (χ2v) is 4.73. The molecular weight excluding hydrogens is 250 g/mol. The average Bonchev–Trinajstić information content (AvgIpc) is 3.08. The van der Waals surface area contributed by atoms with Gasteiger partial charge in [0.05, 0.1) is 19.4 Å². The Morgan fingerprint density at radius 3 is 3.00 bits per heavy atom. The lowest BCUT2D eigenvalue weighted by Gasteiger charge is -2.34. The van der Waals surface area contributed by atoms with Gasteiger partial charge in [-0.2, -0.15) is 15.4 Å². The summed E-state index contributed by atoms with van der Waals surface area (Å²) >= 11 is 0. The molecule has 3 rings (SSSR count). The molecule has 0 bridgehead atoms. The van der Waals surface area contributed by atoms with E-state index in [1.807, 2.05) is 0 Å². The molecule has 1 atom stereocenters. The highest BCUT2D eigenvalue weighted by atomic mass is 16.5. The largest absolute Gasteiger partial charge is 0.377 e. The number of amides is 2. The Kier molecular flexibility index (Phi) is 3.16. The van der Waals surface area contributed by atoms with Gasteiger partial charge in [-0.25, -0.2) is 0 Å². The van der Waals surface area contributed by atoms with Gasteiger partial charge in [0.25, 0.3) is 5.91 Å². The number of H-pyrrole nitrogens is 1. The summed E-state index contributed by atoms with van der Waals surface area (Å²) in [5.41, 5.74) is 0.214. The first-order valence-corrected chi connectivity index (χ1v) is 6.30. The Balaban J connectivity index is 1.72. The van der Waals surface area contributed by atoms with Crippen molar-refractivity contribution >= 4 is 11.8 Å². The van der Waals surface area contributed by atoms with Gasteiger partial charge in [-0.3, -0.25) is 9.59 Å². The minimum absolute atomic E-state index is 0.154. The van der Waals surface area contributed by atoms with E-state index >= 15 is 0 Å². The van der Waals surface area contributed by atoms with E-state index in [4.69, 9.17) is 4.74 Å². The van der Waals surface area contributed by atoms with Crippen LogP contribution in [0.4, 0.5) is 0 Å². The molecule has 102 valence electrons. The van der Waals surface area contributed by atoms with Crippen molar-refractivity contribution in [1.82, 2.24) is 25.6 Å². The van der Waals surface area contributed by atoms with E-state index in [-0.39, 0.29) is 30.2 Å². The van der Waals surface area contributed by atoms with Gasteiger partial charge in [0.15, 0.2) is 5.69 Å². The predicted octanol–water partition coefficient (Wildman–Crippen LogP) is -1.08. The monoisotopic (exact) mass is 265 g/mol. The molecule has 1 aromatic heterocycles. The van der Waals surface area contributed by atoms with E-state index < -0.39 is 6.04 Å². The maximum absolute atomic E-state index is 12.2. The molecule has 2 N–H and O–H groups in total. The number of carbonyl (C=O) groups excluding carboxylic acids is 2. The zero-order valence-corrected chi connectivity index (χ0v) is 10.3. The summed E-state index contributed by atoms with van der Waals surface area (Å²) in [6.07, 6.45) is 3.38. The van der Waals surface area contributed by atoms with Crippen molar-refractivity contribution in [3.8, 4) is 0 Å². The molecule has 0 spiro atoms. The fourth-order valence-electron chi connectivity index (χ4n) is 2.04. The van der Waals surface area contributed by atoms with Gasteiger partial charge < -0.3 is 15.0 Å². The molecule has 1 saturated heterocycles. The van der Waals surface area contributed by atoms with Gasteiger partial charge in [0.1, 0.15) is 6.04 Å². The van der Waals surface area contributed by atoms with Crippen LogP contribution in [0.5, 0.6) is 0 Å². The first-order valence-electron chi connectivity index (χ1n) is 6.30. The highest BCUT2D eigenvalue weighted by Crippen LogP contribution is 2.20. The van der Waals surface area contributed by atoms with Crippen LogP contribution in [0.3, 0.4) is 0 Å². The van der Waals surface area contributed by atoms with Crippen LogP contribution in [0.25, 0.3) is 0 Å². The van der Waals surface area contributed by atoms with Crippen molar-refractivity contribution < 1.29 is 14.3 Å². The maximum atomic E-state index is 12.2. The van der Waals surface area contributed by atoms with Crippen LogP contribution in [-0.4, -0.2) is 64.0 Å². The van der Waals surface area contributed by atoms with E-state index in [2.05, 4.69) is 20.7 Å². The van der Waals surface area contributed by atoms with Crippen LogP contribution in [0, 0.1) is 0 Å². The molecule has 2 amide bonds. The van der Waals surface area contributed by atoms with Crippen molar-refractivity contribution in [3.63, 3.8) is 0 Å². The number of aromatic amines is 1. The van der Waals surface area contributed by atoms with Gasteiger partial charge in [-0.1, -0.05) is 0 Å². The molecule has 8 heteroatoms. The minimum atomic E-state index is -0.585.